The van der Waals surface area contributed by atoms with Gasteiger partial charge in [-0.3, -0.25) is 4.84 Å². The van der Waals surface area contributed by atoms with Crippen molar-refractivity contribution in [1.82, 2.24) is 0 Å². The summed E-state index contributed by atoms with van der Waals surface area (Å²) < 4.78 is 0. The number of phenols is 1. The third-order valence-electron chi connectivity index (χ3n) is 1.24. The molecular weight excluding hydrogens is 162 g/mol. The highest BCUT2D eigenvalue weighted by molar-refractivity contribution is 5.92. The zero-order valence-corrected chi connectivity index (χ0v) is 5.93. The fourth-order valence-electron chi connectivity index (χ4n) is 0.729. The van der Waals surface area contributed by atoms with Gasteiger partial charge in [-0.2, -0.15) is 0 Å². The molecule has 0 fully saturated rings. The number of rotatable bonds is 2. The van der Waals surface area contributed by atoms with E-state index in [9.17, 15) is 9.70 Å². The molecule has 0 bridgehead atoms. The summed E-state index contributed by atoms with van der Waals surface area (Å²) in [6.45, 7) is 0. The Morgan fingerprint density at radius 3 is 2.67 bits per heavy atom. The molecule has 1 rings (SSSR count). The summed E-state index contributed by atoms with van der Waals surface area (Å²) in [6.07, 6.45) is 0. The Morgan fingerprint density at radius 2 is 2.08 bits per heavy atom. The first-order chi connectivity index (χ1) is 5.75. The van der Waals surface area contributed by atoms with Crippen molar-refractivity contribution in [3.8, 4) is 5.75 Å². The van der Waals surface area contributed by atoms with E-state index in [0.29, 0.717) is 0 Å². The van der Waals surface area contributed by atoms with Crippen LogP contribution in [-0.2, 0) is 4.84 Å². The third kappa shape index (κ3) is 1.57. The Labute approximate surface area is 67.5 Å². The Morgan fingerprint density at radius 1 is 1.42 bits per heavy atom. The van der Waals surface area contributed by atoms with Crippen LogP contribution in [0.15, 0.2) is 29.6 Å². The van der Waals surface area contributed by atoms with Crippen molar-refractivity contribution < 1.29 is 14.7 Å². The van der Waals surface area contributed by atoms with Gasteiger partial charge in [0.1, 0.15) is 11.3 Å². The van der Waals surface area contributed by atoms with E-state index in [2.05, 4.69) is 4.84 Å². The maximum atomic E-state index is 10.8. The second-order valence-electron chi connectivity index (χ2n) is 1.97. The van der Waals surface area contributed by atoms with Gasteiger partial charge in [0.2, 0.25) is 0 Å². The molecule has 0 amide bonds. The van der Waals surface area contributed by atoms with Crippen LogP contribution in [0.4, 0.5) is 0 Å². The van der Waals surface area contributed by atoms with Gasteiger partial charge in [0.15, 0.2) is 5.34 Å². The smallest absolute Gasteiger partial charge is 0.373 e. The minimum absolute atomic E-state index is 0.0860. The summed E-state index contributed by atoms with van der Waals surface area (Å²) in [5.74, 6) is -1.21. The first-order valence-corrected chi connectivity index (χ1v) is 3.07. The molecule has 0 saturated heterocycles. The minimum Gasteiger partial charge on any atom is -0.507 e. The topological polar surface area (TPSA) is 76.0 Å². The van der Waals surface area contributed by atoms with Gasteiger partial charge in [0.25, 0.3) is 0 Å². The van der Waals surface area contributed by atoms with Gasteiger partial charge in [-0.1, -0.05) is 12.1 Å². The number of phenolic OH excluding ortho intramolecular Hbond substituents is 1. The minimum atomic E-state index is -0.969. The highest BCUT2D eigenvalue weighted by Gasteiger charge is 2.11. The fraction of sp³-hybridized carbons (Fsp3) is 0. The highest BCUT2D eigenvalue weighted by atomic mass is 16.7. The number of nitrogens with zero attached hydrogens (tertiary/aromatic N) is 1. The van der Waals surface area contributed by atoms with Crippen molar-refractivity contribution in [2.45, 2.75) is 0 Å². The number of carbonyl (C=O) groups is 1. The van der Waals surface area contributed by atoms with Crippen LogP contribution < -0.4 is 0 Å². The van der Waals surface area contributed by atoms with Gasteiger partial charge in [-0.15, -0.1) is 4.91 Å². The molecule has 0 aliphatic heterocycles. The lowest BCUT2D eigenvalue weighted by molar-refractivity contribution is 0.0505. The molecular formula is C7H5NO4. The van der Waals surface area contributed by atoms with Crippen molar-refractivity contribution in [3.63, 3.8) is 0 Å². The summed E-state index contributed by atoms with van der Waals surface area (Å²) in [6, 6.07) is 5.70. The van der Waals surface area contributed by atoms with Gasteiger partial charge in [-0.25, -0.2) is 4.79 Å². The quantitative estimate of drug-likeness (QED) is 0.530. The third-order valence-corrected chi connectivity index (χ3v) is 1.24. The summed E-state index contributed by atoms with van der Waals surface area (Å²) in [5.41, 5.74) is -0.0860. The molecule has 0 aliphatic rings. The van der Waals surface area contributed by atoms with Crippen molar-refractivity contribution in [1.29, 1.82) is 0 Å². The molecule has 0 saturated carbocycles. The standard InChI is InChI=1S/C7H5NO4/c9-6-4-2-1-3-5(6)7(10)12-8-11/h1-4,9H. The fourth-order valence-corrected chi connectivity index (χ4v) is 0.729. The monoisotopic (exact) mass is 167 g/mol. The van der Waals surface area contributed by atoms with E-state index in [-0.39, 0.29) is 11.3 Å². The van der Waals surface area contributed by atoms with Gasteiger partial charge in [-0.05, 0) is 12.1 Å². The average Bonchev–Trinajstić information content (AvgIpc) is 2.05. The zero-order valence-electron chi connectivity index (χ0n) is 5.93. The van der Waals surface area contributed by atoms with Crippen LogP contribution in [0.1, 0.15) is 10.4 Å². The molecule has 0 atom stereocenters. The number of para-hydroxylation sites is 1. The van der Waals surface area contributed by atoms with Crippen molar-refractivity contribution in [2.24, 2.45) is 5.34 Å². The lowest BCUT2D eigenvalue weighted by Crippen LogP contribution is -1.99. The highest BCUT2D eigenvalue weighted by Crippen LogP contribution is 2.16. The summed E-state index contributed by atoms with van der Waals surface area (Å²) in [4.78, 5) is 24.1. The predicted octanol–water partition coefficient (Wildman–Crippen LogP) is 1.23. The van der Waals surface area contributed by atoms with E-state index in [1.54, 1.807) is 6.07 Å². The Kier molecular flexibility index (Phi) is 2.37. The van der Waals surface area contributed by atoms with Crippen LogP contribution in [0.5, 0.6) is 5.75 Å². The number of benzene rings is 1. The lowest BCUT2D eigenvalue weighted by Gasteiger charge is -1.97. The summed E-state index contributed by atoms with van der Waals surface area (Å²) >= 11 is 0. The molecule has 0 unspecified atom stereocenters. The lowest BCUT2D eigenvalue weighted by atomic mass is 10.2. The Balaban J connectivity index is 2.94. The maximum Gasteiger partial charge on any atom is 0.373 e. The van der Waals surface area contributed by atoms with Crippen LogP contribution in [0.3, 0.4) is 0 Å². The number of carbonyl (C=O) groups excluding carboxylic acids is 1. The molecule has 5 heteroatoms. The largest absolute Gasteiger partial charge is 0.507 e. The van der Waals surface area contributed by atoms with Gasteiger partial charge in [0, 0.05) is 0 Å². The van der Waals surface area contributed by atoms with E-state index < -0.39 is 5.97 Å². The average molecular weight is 167 g/mol. The first kappa shape index (κ1) is 8.19. The van der Waals surface area contributed by atoms with Gasteiger partial charge < -0.3 is 5.11 Å². The zero-order chi connectivity index (χ0) is 8.97. The summed E-state index contributed by atoms with van der Waals surface area (Å²) in [7, 11) is 0. The van der Waals surface area contributed by atoms with E-state index in [4.69, 9.17) is 5.11 Å². The van der Waals surface area contributed by atoms with Gasteiger partial charge in [0.05, 0.1) is 0 Å². The molecule has 0 aliphatic carbocycles. The number of hydrogen-bond donors (Lipinski definition) is 1. The second-order valence-corrected chi connectivity index (χ2v) is 1.97. The molecule has 0 aromatic heterocycles. The van der Waals surface area contributed by atoms with E-state index in [1.807, 2.05) is 5.34 Å². The molecule has 0 heterocycles. The first-order valence-electron chi connectivity index (χ1n) is 3.07. The van der Waals surface area contributed by atoms with E-state index in [1.165, 1.54) is 18.2 Å². The van der Waals surface area contributed by atoms with Crippen molar-refractivity contribution in [2.75, 3.05) is 0 Å². The molecule has 62 valence electrons. The summed E-state index contributed by atoms with van der Waals surface area (Å²) in [5, 5.41) is 11.0. The van der Waals surface area contributed by atoms with Crippen LogP contribution in [-0.4, -0.2) is 11.1 Å². The van der Waals surface area contributed by atoms with Crippen LogP contribution in [0, 0.1) is 4.91 Å². The Hall–Kier alpha value is -1.91. The molecule has 1 aromatic rings. The SMILES string of the molecule is O=NOC(=O)c1ccccc1O. The molecule has 0 spiro atoms. The predicted molar refractivity (Wildman–Crippen MR) is 39.3 cm³/mol. The number of hydrogen-bond acceptors (Lipinski definition) is 5. The van der Waals surface area contributed by atoms with Crippen LogP contribution in [0.2, 0.25) is 0 Å². The maximum absolute atomic E-state index is 10.8. The Bertz CT molecular complexity index is 310. The molecule has 12 heavy (non-hydrogen) atoms. The van der Waals surface area contributed by atoms with Crippen LogP contribution >= 0.6 is 0 Å². The molecule has 1 aromatic carbocycles. The molecule has 5 nitrogen and oxygen atoms in total. The van der Waals surface area contributed by atoms with E-state index >= 15 is 0 Å². The normalized spacial score (nSPS) is 9.00. The molecule has 0 radical (unpaired) electrons. The van der Waals surface area contributed by atoms with E-state index in [0.717, 1.165) is 0 Å². The van der Waals surface area contributed by atoms with Crippen molar-refractivity contribution in [3.05, 3.63) is 34.7 Å². The van der Waals surface area contributed by atoms with Gasteiger partial charge >= 0.3 is 5.97 Å². The van der Waals surface area contributed by atoms with Crippen LogP contribution in [0.25, 0.3) is 0 Å². The molecule has 1 N–H and O–H groups in total. The van der Waals surface area contributed by atoms with Crippen molar-refractivity contribution >= 4 is 5.97 Å². The second kappa shape index (κ2) is 3.47. The number of aromatic hydroxyl groups is 1.